The van der Waals surface area contributed by atoms with Gasteiger partial charge >= 0.3 is 6.18 Å². The zero-order valence-electron chi connectivity index (χ0n) is 10.7. The van der Waals surface area contributed by atoms with E-state index in [0.717, 1.165) is 11.2 Å². The average Bonchev–Trinajstić information content (AvgIpc) is 2.53. The van der Waals surface area contributed by atoms with Crippen molar-refractivity contribution in [1.82, 2.24) is 4.90 Å². The van der Waals surface area contributed by atoms with E-state index in [1.807, 2.05) is 0 Å². The topological polar surface area (TPSA) is 70.0 Å². The van der Waals surface area contributed by atoms with Gasteiger partial charge in [-0.05, 0) is 18.6 Å². The Hall–Kier alpha value is -1.35. The number of fused-ring (bicyclic) bond motifs is 1. The van der Waals surface area contributed by atoms with Gasteiger partial charge in [0.15, 0.2) is 0 Å². The van der Waals surface area contributed by atoms with Gasteiger partial charge in [0, 0.05) is 12.5 Å². The number of aliphatic hydroxyl groups is 1. The minimum absolute atomic E-state index is 0.0685. The van der Waals surface area contributed by atoms with Gasteiger partial charge in [0.05, 0.1) is 5.75 Å². The Balaban J connectivity index is 2.54. The summed E-state index contributed by atoms with van der Waals surface area (Å²) >= 11 is 0. The SMILES string of the molecule is CC1=CC=CN2C1=NC(O)(C(F)(F)F)C2CS(C)(=O)=O. The first kappa shape index (κ1) is 15.0. The second kappa shape index (κ2) is 4.32. The van der Waals surface area contributed by atoms with Crippen LogP contribution in [-0.2, 0) is 9.84 Å². The summed E-state index contributed by atoms with van der Waals surface area (Å²) in [6.45, 7) is 1.54. The van der Waals surface area contributed by atoms with Crippen molar-refractivity contribution < 1.29 is 26.7 Å². The van der Waals surface area contributed by atoms with Crippen molar-refractivity contribution in [3.8, 4) is 0 Å². The van der Waals surface area contributed by atoms with Crippen molar-refractivity contribution in [1.29, 1.82) is 0 Å². The Bertz CT molecular complexity index is 621. The van der Waals surface area contributed by atoms with Gasteiger partial charge in [0.25, 0.3) is 5.72 Å². The molecule has 0 amide bonds. The standard InChI is InChI=1S/C11H13F3N2O3S/c1-7-4-3-5-16-8(6-20(2,18)19)10(17,11(12,13)14)15-9(7)16/h3-5,8,17H,6H2,1-2H3. The fourth-order valence-electron chi connectivity index (χ4n) is 2.19. The van der Waals surface area contributed by atoms with E-state index < -0.39 is 33.5 Å². The first-order valence-electron chi connectivity index (χ1n) is 5.66. The lowest BCUT2D eigenvalue weighted by Crippen LogP contribution is -2.57. The number of halogens is 3. The van der Waals surface area contributed by atoms with Crippen LogP contribution in [0.1, 0.15) is 6.92 Å². The quantitative estimate of drug-likeness (QED) is 0.820. The highest BCUT2D eigenvalue weighted by Crippen LogP contribution is 2.42. The van der Waals surface area contributed by atoms with Crippen LogP contribution in [0.4, 0.5) is 13.2 Å². The minimum Gasteiger partial charge on any atom is -0.360 e. The highest BCUT2D eigenvalue weighted by Gasteiger charge is 2.65. The molecule has 0 spiro atoms. The molecule has 2 heterocycles. The Morgan fingerprint density at radius 2 is 2.10 bits per heavy atom. The smallest absolute Gasteiger partial charge is 0.360 e. The van der Waals surface area contributed by atoms with Crippen molar-refractivity contribution in [3.05, 3.63) is 23.9 Å². The molecule has 2 aliphatic rings. The molecule has 2 rings (SSSR count). The first-order chi connectivity index (χ1) is 8.96. The lowest BCUT2D eigenvalue weighted by atomic mass is 10.1. The van der Waals surface area contributed by atoms with Crippen LogP contribution in [0.5, 0.6) is 0 Å². The van der Waals surface area contributed by atoms with Crippen molar-refractivity contribution in [2.24, 2.45) is 4.99 Å². The number of hydrogen-bond acceptors (Lipinski definition) is 5. The third-order valence-electron chi connectivity index (χ3n) is 3.14. The predicted octanol–water partition coefficient (Wildman–Crippen LogP) is 0.838. The number of allylic oxidation sites excluding steroid dienone is 2. The van der Waals surface area contributed by atoms with Crippen molar-refractivity contribution in [2.75, 3.05) is 12.0 Å². The second-order valence-corrected chi connectivity index (χ2v) is 7.05. The number of alkyl halides is 3. The van der Waals surface area contributed by atoms with Gasteiger partial charge in [-0.3, -0.25) is 0 Å². The van der Waals surface area contributed by atoms with Gasteiger partial charge in [0.2, 0.25) is 0 Å². The van der Waals surface area contributed by atoms with E-state index in [4.69, 9.17) is 0 Å². The Kier molecular flexibility index (Phi) is 3.25. The van der Waals surface area contributed by atoms with E-state index in [1.54, 1.807) is 0 Å². The van der Waals surface area contributed by atoms with Crippen LogP contribution < -0.4 is 0 Å². The highest BCUT2D eigenvalue weighted by atomic mass is 32.2. The maximum atomic E-state index is 13.1. The normalized spacial score (nSPS) is 30.1. The molecule has 0 aromatic carbocycles. The summed E-state index contributed by atoms with van der Waals surface area (Å²) in [5.74, 6) is -0.922. The molecule has 2 aliphatic heterocycles. The van der Waals surface area contributed by atoms with Crippen LogP contribution in [0.15, 0.2) is 28.9 Å². The maximum Gasteiger partial charge on any atom is 0.440 e. The molecule has 0 saturated carbocycles. The number of rotatable bonds is 2. The van der Waals surface area contributed by atoms with E-state index in [1.165, 1.54) is 25.3 Å². The summed E-state index contributed by atoms with van der Waals surface area (Å²) in [4.78, 5) is 4.41. The maximum absolute atomic E-state index is 13.1. The zero-order chi connectivity index (χ0) is 15.3. The van der Waals surface area contributed by atoms with Crippen LogP contribution in [0.25, 0.3) is 0 Å². The molecule has 112 valence electrons. The lowest BCUT2D eigenvalue weighted by Gasteiger charge is -2.33. The van der Waals surface area contributed by atoms with Gasteiger partial charge < -0.3 is 10.0 Å². The summed E-state index contributed by atoms with van der Waals surface area (Å²) in [6, 6.07) is -1.73. The lowest BCUT2D eigenvalue weighted by molar-refractivity contribution is -0.264. The van der Waals surface area contributed by atoms with Crippen molar-refractivity contribution in [2.45, 2.75) is 24.9 Å². The Morgan fingerprint density at radius 1 is 1.50 bits per heavy atom. The molecule has 20 heavy (non-hydrogen) atoms. The molecule has 2 unspecified atom stereocenters. The molecule has 9 heteroatoms. The summed E-state index contributed by atoms with van der Waals surface area (Å²) in [6.07, 6.45) is 0.0467. The van der Waals surface area contributed by atoms with Gasteiger partial charge in [-0.1, -0.05) is 6.08 Å². The number of nitrogens with zero attached hydrogens (tertiary/aromatic N) is 2. The molecule has 0 aliphatic carbocycles. The van der Waals surface area contributed by atoms with Crippen LogP contribution in [0, 0.1) is 0 Å². The molecular weight excluding hydrogens is 297 g/mol. The third kappa shape index (κ3) is 2.35. The van der Waals surface area contributed by atoms with Crippen LogP contribution >= 0.6 is 0 Å². The second-order valence-electron chi connectivity index (χ2n) is 4.87. The van der Waals surface area contributed by atoms with Gasteiger partial charge in [-0.2, -0.15) is 13.2 Å². The van der Waals surface area contributed by atoms with Crippen LogP contribution in [-0.4, -0.2) is 54.2 Å². The third-order valence-corrected chi connectivity index (χ3v) is 4.07. The number of aliphatic imine (C=N–C) groups is 1. The van der Waals surface area contributed by atoms with E-state index in [0.29, 0.717) is 5.57 Å². The predicted molar refractivity (Wildman–Crippen MR) is 66.7 cm³/mol. The summed E-state index contributed by atoms with van der Waals surface area (Å²) in [5, 5.41) is 9.92. The molecule has 1 N–H and O–H groups in total. The molecule has 2 atom stereocenters. The summed E-state index contributed by atoms with van der Waals surface area (Å²) < 4.78 is 62.1. The summed E-state index contributed by atoms with van der Waals surface area (Å²) in [5.41, 5.74) is -3.01. The van der Waals surface area contributed by atoms with Gasteiger partial charge in [-0.15, -0.1) is 0 Å². The monoisotopic (exact) mass is 310 g/mol. The van der Waals surface area contributed by atoms with Gasteiger partial charge in [-0.25, -0.2) is 13.4 Å². The molecule has 0 aromatic heterocycles. The molecule has 0 fully saturated rings. The fraction of sp³-hybridized carbons (Fsp3) is 0.545. The number of amidine groups is 1. The van der Waals surface area contributed by atoms with Crippen molar-refractivity contribution >= 4 is 15.7 Å². The molecular formula is C11H13F3N2O3S. The fourth-order valence-corrected chi connectivity index (χ4v) is 3.16. The van der Waals surface area contributed by atoms with E-state index in [2.05, 4.69) is 4.99 Å². The van der Waals surface area contributed by atoms with Crippen LogP contribution in [0.3, 0.4) is 0 Å². The minimum atomic E-state index is -5.07. The van der Waals surface area contributed by atoms with Crippen LogP contribution in [0.2, 0.25) is 0 Å². The van der Waals surface area contributed by atoms with Crippen molar-refractivity contribution in [3.63, 3.8) is 0 Å². The van der Waals surface area contributed by atoms with E-state index in [9.17, 15) is 26.7 Å². The van der Waals surface area contributed by atoms with Gasteiger partial charge in [0.1, 0.15) is 21.7 Å². The number of hydrogen-bond donors (Lipinski definition) is 1. The van der Waals surface area contributed by atoms with E-state index >= 15 is 0 Å². The molecule has 5 nitrogen and oxygen atoms in total. The Morgan fingerprint density at radius 3 is 2.60 bits per heavy atom. The van der Waals surface area contributed by atoms with E-state index in [-0.39, 0.29) is 5.84 Å². The number of sulfone groups is 1. The molecule has 0 bridgehead atoms. The zero-order valence-corrected chi connectivity index (χ0v) is 11.5. The molecule has 0 aromatic rings. The molecule has 0 radical (unpaired) electrons. The summed E-state index contributed by atoms with van der Waals surface area (Å²) in [7, 11) is -3.74. The Labute approximate surface area is 114 Å². The first-order valence-corrected chi connectivity index (χ1v) is 7.72. The average molecular weight is 310 g/mol. The highest BCUT2D eigenvalue weighted by molar-refractivity contribution is 7.90. The largest absolute Gasteiger partial charge is 0.440 e. The molecule has 0 saturated heterocycles.